The van der Waals surface area contributed by atoms with Crippen LogP contribution in [0, 0.1) is 6.92 Å². The molecular formula is C14H20BrNO2. The van der Waals surface area contributed by atoms with Gasteiger partial charge >= 0.3 is 0 Å². The molecule has 1 unspecified atom stereocenters. The number of nitrogens with one attached hydrogen (secondary N) is 1. The molecule has 0 saturated heterocycles. The lowest BCUT2D eigenvalue weighted by atomic mass is 10.1. The van der Waals surface area contributed by atoms with Crippen molar-refractivity contribution in [2.24, 2.45) is 0 Å². The topological polar surface area (TPSA) is 41.5 Å². The highest BCUT2D eigenvalue weighted by Crippen LogP contribution is 2.23. The van der Waals surface area contributed by atoms with Crippen molar-refractivity contribution in [1.82, 2.24) is 5.32 Å². The van der Waals surface area contributed by atoms with Gasteiger partial charge < -0.3 is 15.2 Å². The second-order valence-corrected chi connectivity index (χ2v) is 6.27. The van der Waals surface area contributed by atoms with Crippen molar-refractivity contribution in [3.05, 3.63) is 28.2 Å². The molecule has 1 aromatic rings. The van der Waals surface area contributed by atoms with Gasteiger partial charge in [0.15, 0.2) is 0 Å². The Morgan fingerprint density at radius 1 is 1.50 bits per heavy atom. The highest BCUT2D eigenvalue weighted by Gasteiger charge is 2.27. The molecule has 18 heavy (non-hydrogen) atoms. The minimum absolute atomic E-state index is 0.301. The fourth-order valence-electron chi connectivity index (χ4n) is 1.71. The Bertz CT molecular complexity index is 416. The van der Waals surface area contributed by atoms with Crippen LogP contribution in [0.1, 0.15) is 25.3 Å². The Morgan fingerprint density at radius 3 is 2.83 bits per heavy atom. The summed E-state index contributed by atoms with van der Waals surface area (Å²) in [5.41, 5.74) is 0.234. The standard InChI is InChI=1S/C14H20BrNO2/c1-10-7-11(15)3-6-13(10)18-9-14(2,17)8-16-12-4-5-12/h3,6-7,12,16-17H,4-5,8-9H2,1-2H3. The minimum Gasteiger partial charge on any atom is -0.490 e. The number of rotatable bonds is 6. The Balaban J connectivity index is 1.84. The monoisotopic (exact) mass is 313 g/mol. The van der Waals surface area contributed by atoms with E-state index in [9.17, 15) is 5.11 Å². The zero-order valence-electron chi connectivity index (χ0n) is 10.9. The van der Waals surface area contributed by atoms with Crippen LogP contribution in [0.25, 0.3) is 0 Å². The second-order valence-electron chi connectivity index (χ2n) is 5.35. The maximum atomic E-state index is 10.2. The summed E-state index contributed by atoms with van der Waals surface area (Å²) >= 11 is 3.42. The van der Waals surface area contributed by atoms with Gasteiger partial charge in [-0.15, -0.1) is 0 Å². The molecule has 4 heteroatoms. The van der Waals surface area contributed by atoms with E-state index in [1.807, 2.05) is 25.1 Å². The maximum absolute atomic E-state index is 10.2. The lowest BCUT2D eigenvalue weighted by Crippen LogP contribution is -2.43. The van der Waals surface area contributed by atoms with Crippen molar-refractivity contribution >= 4 is 15.9 Å². The molecule has 1 fully saturated rings. The van der Waals surface area contributed by atoms with Gasteiger partial charge in [-0.25, -0.2) is 0 Å². The third kappa shape index (κ3) is 4.26. The van der Waals surface area contributed by atoms with E-state index in [1.54, 1.807) is 6.92 Å². The van der Waals surface area contributed by atoms with E-state index in [1.165, 1.54) is 12.8 Å². The Labute approximate surface area is 117 Å². The van der Waals surface area contributed by atoms with Crippen LogP contribution >= 0.6 is 15.9 Å². The summed E-state index contributed by atoms with van der Waals surface area (Å²) in [4.78, 5) is 0. The van der Waals surface area contributed by atoms with E-state index < -0.39 is 5.60 Å². The average molecular weight is 314 g/mol. The summed E-state index contributed by atoms with van der Waals surface area (Å²) in [6.45, 7) is 4.68. The van der Waals surface area contributed by atoms with Gasteiger partial charge in [-0.1, -0.05) is 15.9 Å². The molecule has 1 aromatic carbocycles. The molecule has 100 valence electrons. The normalized spacial score (nSPS) is 18.4. The number of aliphatic hydroxyl groups is 1. The molecule has 0 aromatic heterocycles. The summed E-state index contributed by atoms with van der Waals surface area (Å²) in [7, 11) is 0. The van der Waals surface area contributed by atoms with Crippen LogP contribution in [0.5, 0.6) is 5.75 Å². The van der Waals surface area contributed by atoms with Crippen molar-refractivity contribution in [1.29, 1.82) is 0 Å². The van der Waals surface area contributed by atoms with Gasteiger partial charge in [-0.05, 0) is 50.5 Å². The van der Waals surface area contributed by atoms with Gasteiger partial charge in [0.05, 0.1) is 0 Å². The second kappa shape index (κ2) is 5.59. The number of aryl methyl sites for hydroxylation is 1. The van der Waals surface area contributed by atoms with Crippen LogP contribution < -0.4 is 10.1 Å². The SMILES string of the molecule is Cc1cc(Br)ccc1OCC(C)(O)CNC1CC1. The third-order valence-electron chi connectivity index (χ3n) is 3.02. The van der Waals surface area contributed by atoms with Gasteiger partial charge in [0.1, 0.15) is 18.0 Å². The minimum atomic E-state index is -0.831. The molecule has 0 aliphatic heterocycles. The summed E-state index contributed by atoms with van der Waals surface area (Å²) in [5, 5.41) is 13.5. The molecule has 3 nitrogen and oxygen atoms in total. The van der Waals surface area contributed by atoms with Crippen LogP contribution in [0.15, 0.2) is 22.7 Å². The molecule has 0 bridgehead atoms. The molecule has 1 atom stereocenters. The highest BCUT2D eigenvalue weighted by molar-refractivity contribution is 9.10. The number of hydrogen-bond acceptors (Lipinski definition) is 3. The first kappa shape index (κ1) is 13.8. The largest absolute Gasteiger partial charge is 0.490 e. The van der Waals surface area contributed by atoms with Crippen LogP contribution in [0.3, 0.4) is 0 Å². The molecule has 1 aliphatic carbocycles. The molecule has 1 saturated carbocycles. The van der Waals surface area contributed by atoms with E-state index in [0.29, 0.717) is 19.2 Å². The number of ether oxygens (including phenoxy) is 1. The average Bonchev–Trinajstić information content (AvgIpc) is 3.09. The number of halogens is 1. The van der Waals surface area contributed by atoms with Crippen LogP contribution in [-0.2, 0) is 0 Å². The van der Waals surface area contributed by atoms with E-state index in [4.69, 9.17) is 4.74 Å². The summed E-state index contributed by atoms with van der Waals surface area (Å²) in [5.74, 6) is 0.824. The van der Waals surface area contributed by atoms with Gasteiger partial charge in [-0.3, -0.25) is 0 Å². The first-order valence-electron chi connectivity index (χ1n) is 6.31. The summed E-state index contributed by atoms with van der Waals surface area (Å²) < 4.78 is 6.74. The molecule has 2 rings (SSSR count). The van der Waals surface area contributed by atoms with Crippen molar-refractivity contribution < 1.29 is 9.84 Å². The zero-order chi connectivity index (χ0) is 13.2. The van der Waals surface area contributed by atoms with Crippen LogP contribution in [-0.4, -0.2) is 29.9 Å². The van der Waals surface area contributed by atoms with E-state index in [0.717, 1.165) is 15.8 Å². The fraction of sp³-hybridized carbons (Fsp3) is 0.571. The molecular weight excluding hydrogens is 294 g/mol. The number of benzene rings is 1. The summed E-state index contributed by atoms with van der Waals surface area (Å²) in [6, 6.07) is 6.47. The number of hydrogen-bond donors (Lipinski definition) is 2. The van der Waals surface area contributed by atoms with Crippen molar-refractivity contribution in [3.8, 4) is 5.75 Å². The molecule has 1 aliphatic rings. The van der Waals surface area contributed by atoms with E-state index in [-0.39, 0.29) is 0 Å². The first-order chi connectivity index (χ1) is 8.46. The molecule has 0 heterocycles. The Morgan fingerprint density at radius 2 is 2.22 bits per heavy atom. The quantitative estimate of drug-likeness (QED) is 0.848. The van der Waals surface area contributed by atoms with Crippen LogP contribution in [0.2, 0.25) is 0 Å². The third-order valence-corrected chi connectivity index (χ3v) is 3.52. The van der Waals surface area contributed by atoms with Crippen molar-refractivity contribution in [3.63, 3.8) is 0 Å². The van der Waals surface area contributed by atoms with E-state index >= 15 is 0 Å². The Kier molecular flexibility index (Phi) is 4.30. The van der Waals surface area contributed by atoms with Gasteiger partial charge in [0, 0.05) is 17.1 Å². The predicted octanol–water partition coefficient (Wildman–Crippen LogP) is 2.64. The molecule has 2 N–H and O–H groups in total. The smallest absolute Gasteiger partial charge is 0.122 e. The van der Waals surface area contributed by atoms with Crippen molar-refractivity contribution in [2.75, 3.05) is 13.2 Å². The van der Waals surface area contributed by atoms with Crippen LogP contribution in [0.4, 0.5) is 0 Å². The Hall–Kier alpha value is -0.580. The molecule has 0 spiro atoms. The van der Waals surface area contributed by atoms with Gasteiger partial charge in [0.2, 0.25) is 0 Å². The van der Waals surface area contributed by atoms with Crippen molar-refractivity contribution in [2.45, 2.75) is 38.3 Å². The maximum Gasteiger partial charge on any atom is 0.122 e. The summed E-state index contributed by atoms with van der Waals surface area (Å²) in [6.07, 6.45) is 2.45. The lowest BCUT2D eigenvalue weighted by Gasteiger charge is -2.24. The van der Waals surface area contributed by atoms with Gasteiger partial charge in [-0.2, -0.15) is 0 Å². The van der Waals surface area contributed by atoms with Gasteiger partial charge in [0.25, 0.3) is 0 Å². The van der Waals surface area contributed by atoms with E-state index in [2.05, 4.69) is 21.2 Å². The fourth-order valence-corrected chi connectivity index (χ4v) is 2.19. The molecule has 0 amide bonds. The predicted molar refractivity (Wildman–Crippen MR) is 76.0 cm³/mol. The zero-order valence-corrected chi connectivity index (χ0v) is 12.5. The molecule has 0 radical (unpaired) electrons. The highest BCUT2D eigenvalue weighted by atomic mass is 79.9. The first-order valence-corrected chi connectivity index (χ1v) is 7.10. The lowest BCUT2D eigenvalue weighted by molar-refractivity contribution is 0.0118.